The molecule has 3 rings (SSSR count). The number of benzene rings is 2. The van der Waals surface area contributed by atoms with Crippen LogP contribution in [0.25, 0.3) is 11.1 Å². The quantitative estimate of drug-likeness (QED) is 0.775. The number of halogens is 1. The Labute approximate surface area is 114 Å². The van der Waals surface area contributed by atoms with Crippen molar-refractivity contribution in [3.05, 3.63) is 59.7 Å². The van der Waals surface area contributed by atoms with E-state index in [2.05, 4.69) is 10.3 Å². The van der Waals surface area contributed by atoms with Gasteiger partial charge < -0.3 is 9.73 Å². The highest BCUT2D eigenvalue weighted by molar-refractivity contribution is 6.05. The average molecular weight is 270 g/mol. The van der Waals surface area contributed by atoms with E-state index in [9.17, 15) is 9.18 Å². The van der Waals surface area contributed by atoms with Crippen LogP contribution in [-0.2, 0) is 0 Å². The SMILES string of the molecule is Cc1nc2cc(C(=O)Nc3cccc(F)c3)ccc2o1. The van der Waals surface area contributed by atoms with E-state index < -0.39 is 5.82 Å². The normalized spacial score (nSPS) is 10.7. The van der Waals surface area contributed by atoms with Crippen molar-refractivity contribution in [1.82, 2.24) is 4.98 Å². The third-order valence-electron chi connectivity index (χ3n) is 2.84. The van der Waals surface area contributed by atoms with Gasteiger partial charge >= 0.3 is 0 Å². The van der Waals surface area contributed by atoms with Crippen LogP contribution in [0.2, 0.25) is 0 Å². The lowest BCUT2D eigenvalue weighted by Gasteiger charge is -2.04. The Bertz CT molecular complexity index is 795. The first-order chi connectivity index (χ1) is 9.61. The molecule has 0 saturated heterocycles. The van der Waals surface area contributed by atoms with Gasteiger partial charge in [-0.1, -0.05) is 6.07 Å². The van der Waals surface area contributed by atoms with Crippen LogP contribution in [0.1, 0.15) is 16.2 Å². The van der Waals surface area contributed by atoms with Crippen LogP contribution in [-0.4, -0.2) is 10.9 Å². The topological polar surface area (TPSA) is 55.1 Å². The smallest absolute Gasteiger partial charge is 0.255 e. The lowest BCUT2D eigenvalue weighted by molar-refractivity contribution is 0.102. The molecule has 20 heavy (non-hydrogen) atoms. The molecule has 0 atom stereocenters. The van der Waals surface area contributed by atoms with Crippen molar-refractivity contribution in [2.75, 3.05) is 5.32 Å². The van der Waals surface area contributed by atoms with Crippen LogP contribution in [0.4, 0.5) is 10.1 Å². The van der Waals surface area contributed by atoms with Crippen LogP contribution in [0.3, 0.4) is 0 Å². The number of hydrogen-bond acceptors (Lipinski definition) is 3. The summed E-state index contributed by atoms with van der Waals surface area (Å²) in [5.74, 6) is -0.175. The second-order valence-electron chi connectivity index (χ2n) is 4.38. The second-order valence-corrected chi connectivity index (χ2v) is 4.38. The molecule has 0 fully saturated rings. The fourth-order valence-electron chi connectivity index (χ4n) is 1.95. The first-order valence-corrected chi connectivity index (χ1v) is 6.06. The number of amides is 1. The molecule has 0 bridgehead atoms. The van der Waals surface area contributed by atoms with Gasteiger partial charge in [-0.2, -0.15) is 0 Å². The molecule has 0 radical (unpaired) electrons. The number of aromatic nitrogens is 1. The van der Waals surface area contributed by atoms with E-state index in [0.717, 1.165) is 0 Å². The average Bonchev–Trinajstić information content (AvgIpc) is 2.77. The maximum atomic E-state index is 13.1. The molecular weight excluding hydrogens is 259 g/mol. The zero-order valence-corrected chi connectivity index (χ0v) is 10.7. The monoisotopic (exact) mass is 270 g/mol. The van der Waals surface area contributed by atoms with E-state index in [-0.39, 0.29) is 5.91 Å². The maximum Gasteiger partial charge on any atom is 0.255 e. The largest absolute Gasteiger partial charge is 0.441 e. The minimum atomic E-state index is -0.398. The summed E-state index contributed by atoms with van der Waals surface area (Å²) < 4.78 is 18.4. The van der Waals surface area contributed by atoms with E-state index >= 15 is 0 Å². The third kappa shape index (κ3) is 2.38. The summed E-state index contributed by atoms with van der Waals surface area (Å²) in [6.07, 6.45) is 0. The van der Waals surface area contributed by atoms with Crippen molar-refractivity contribution in [3.8, 4) is 0 Å². The van der Waals surface area contributed by atoms with E-state index in [1.54, 1.807) is 31.2 Å². The number of carbonyl (C=O) groups is 1. The van der Waals surface area contributed by atoms with Crippen LogP contribution >= 0.6 is 0 Å². The highest BCUT2D eigenvalue weighted by Crippen LogP contribution is 2.18. The Hall–Kier alpha value is -2.69. The van der Waals surface area contributed by atoms with Crippen molar-refractivity contribution in [3.63, 3.8) is 0 Å². The molecule has 0 saturated carbocycles. The molecule has 100 valence electrons. The first-order valence-electron chi connectivity index (χ1n) is 6.06. The number of hydrogen-bond donors (Lipinski definition) is 1. The van der Waals surface area contributed by atoms with E-state index in [1.807, 2.05) is 0 Å². The highest BCUT2D eigenvalue weighted by atomic mass is 19.1. The van der Waals surface area contributed by atoms with Gasteiger partial charge in [-0.25, -0.2) is 9.37 Å². The number of rotatable bonds is 2. The minimum Gasteiger partial charge on any atom is -0.441 e. The van der Waals surface area contributed by atoms with Gasteiger partial charge in [0.15, 0.2) is 11.5 Å². The Morgan fingerprint density at radius 2 is 2.10 bits per heavy atom. The lowest BCUT2D eigenvalue weighted by Crippen LogP contribution is -2.11. The summed E-state index contributed by atoms with van der Waals surface area (Å²) in [4.78, 5) is 16.3. The molecule has 1 N–H and O–H groups in total. The molecule has 0 unspecified atom stereocenters. The zero-order valence-electron chi connectivity index (χ0n) is 10.7. The molecule has 4 nitrogen and oxygen atoms in total. The zero-order chi connectivity index (χ0) is 14.1. The fourth-order valence-corrected chi connectivity index (χ4v) is 1.95. The summed E-state index contributed by atoms with van der Waals surface area (Å²) >= 11 is 0. The summed E-state index contributed by atoms with van der Waals surface area (Å²) in [6, 6.07) is 10.7. The lowest BCUT2D eigenvalue weighted by atomic mass is 10.2. The summed E-state index contributed by atoms with van der Waals surface area (Å²) in [5.41, 5.74) is 2.10. The molecule has 1 aromatic heterocycles. The van der Waals surface area contributed by atoms with Gasteiger partial charge in [0.05, 0.1) is 0 Å². The molecule has 0 aliphatic rings. The van der Waals surface area contributed by atoms with Crippen molar-refractivity contribution in [1.29, 1.82) is 0 Å². The van der Waals surface area contributed by atoms with E-state index in [0.29, 0.717) is 28.2 Å². The Kier molecular flexibility index (Phi) is 2.95. The number of fused-ring (bicyclic) bond motifs is 1. The van der Waals surface area contributed by atoms with Gasteiger partial charge in [-0.3, -0.25) is 4.79 Å². The molecule has 1 heterocycles. The standard InChI is InChI=1S/C15H11FN2O2/c1-9-17-13-7-10(5-6-14(13)20-9)15(19)18-12-4-2-3-11(16)8-12/h2-8H,1H3,(H,18,19). The molecular formula is C15H11FN2O2. The number of aryl methyl sites for hydroxylation is 1. The van der Waals surface area contributed by atoms with E-state index in [1.165, 1.54) is 18.2 Å². The predicted molar refractivity (Wildman–Crippen MR) is 73.1 cm³/mol. The summed E-state index contributed by atoms with van der Waals surface area (Å²) in [7, 11) is 0. The van der Waals surface area contributed by atoms with Crippen LogP contribution in [0.5, 0.6) is 0 Å². The minimum absolute atomic E-state index is 0.321. The fraction of sp³-hybridized carbons (Fsp3) is 0.0667. The van der Waals surface area contributed by atoms with Crippen LogP contribution in [0, 0.1) is 12.7 Å². The number of nitrogens with zero attached hydrogens (tertiary/aromatic N) is 1. The number of nitrogens with one attached hydrogen (secondary N) is 1. The number of anilines is 1. The maximum absolute atomic E-state index is 13.1. The van der Waals surface area contributed by atoms with Crippen molar-refractivity contribution in [2.24, 2.45) is 0 Å². The third-order valence-corrected chi connectivity index (χ3v) is 2.84. The summed E-state index contributed by atoms with van der Waals surface area (Å²) in [5, 5.41) is 2.63. The Morgan fingerprint density at radius 1 is 1.25 bits per heavy atom. The molecule has 0 aliphatic carbocycles. The molecule has 0 aliphatic heterocycles. The molecule has 2 aromatic carbocycles. The molecule has 0 spiro atoms. The second kappa shape index (κ2) is 4.77. The Balaban J connectivity index is 1.88. The van der Waals surface area contributed by atoms with Gasteiger partial charge in [0.1, 0.15) is 11.3 Å². The Morgan fingerprint density at radius 3 is 2.90 bits per heavy atom. The molecule has 3 aromatic rings. The van der Waals surface area contributed by atoms with Crippen molar-refractivity contribution >= 4 is 22.7 Å². The van der Waals surface area contributed by atoms with Crippen molar-refractivity contribution in [2.45, 2.75) is 6.92 Å². The van der Waals surface area contributed by atoms with E-state index in [4.69, 9.17) is 4.42 Å². The van der Waals surface area contributed by atoms with Gasteiger partial charge in [-0.05, 0) is 36.4 Å². The first kappa shape index (κ1) is 12.3. The predicted octanol–water partition coefficient (Wildman–Crippen LogP) is 3.53. The van der Waals surface area contributed by atoms with Crippen LogP contribution < -0.4 is 5.32 Å². The molecule has 5 heteroatoms. The van der Waals surface area contributed by atoms with Gasteiger partial charge in [0.25, 0.3) is 5.91 Å². The number of oxazole rings is 1. The van der Waals surface area contributed by atoms with Crippen LogP contribution in [0.15, 0.2) is 46.9 Å². The number of carbonyl (C=O) groups excluding carboxylic acids is 1. The van der Waals surface area contributed by atoms with Crippen molar-refractivity contribution < 1.29 is 13.6 Å². The van der Waals surface area contributed by atoms with Gasteiger partial charge in [0.2, 0.25) is 0 Å². The highest BCUT2D eigenvalue weighted by Gasteiger charge is 2.10. The van der Waals surface area contributed by atoms with Gasteiger partial charge in [-0.15, -0.1) is 0 Å². The molecule has 1 amide bonds. The summed E-state index contributed by atoms with van der Waals surface area (Å²) in [6.45, 7) is 1.74. The van der Waals surface area contributed by atoms with Gasteiger partial charge in [0, 0.05) is 18.2 Å².